The minimum absolute atomic E-state index is 0.531. The molecule has 1 aliphatic heterocycles. The van der Waals surface area contributed by atoms with E-state index in [-0.39, 0.29) is 0 Å². The second-order valence-electron chi connectivity index (χ2n) is 4.65. The standard InChI is InChI=1S/C12H13B3N4/c1-2-10-7-9(16)8-11(17-10)18-3-5-19(6-4-18)12(13,14)15/h1,7-8H,3-6H2,(H2,16,17). The van der Waals surface area contributed by atoms with E-state index in [1.807, 2.05) is 4.90 Å². The molecule has 0 spiro atoms. The molecular formula is C12H13B3N4. The fourth-order valence-electron chi connectivity index (χ4n) is 2.10. The van der Waals surface area contributed by atoms with Crippen LogP contribution in [0.4, 0.5) is 11.5 Å². The Morgan fingerprint density at radius 3 is 2.37 bits per heavy atom. The Hall–Kier alpha value is -1.54. The van der Waals surface area contributed by atoms with Gasteiger partial charge in [-0.3, -0.25) is 0 Å². The van der Waals surface area contributed by atoms with Gasteiger partial charge in [-0.05, 0) is 6.07 Å². The number of aromatic nitrogens is 1. The van der Waals surface area contributed by atoms with Gasteiger partial charge in [-0.1, -0.05) is 11.2 Å². The lowest BCUT2D eigenvalue weighted by molar-refractivity contribution is 0.256. The van der Waals surface area contributed by atoms with Gasteiger partial charge in [0, 0.05) is 37.9 Å². The van der Waals surface area contributed by atoms with Gasteiger partial charge in [0.2, 0.25) is 0 Å². The van der Waals surface area contributed by atoms with E-state index in [2.05, 4.69) is 15.8 Å². The van der Waals surface area contributed by atoms with Crippen molar-refractivity contribution < 1.29 is 0 Å². The summed E-state index contributed by atoms with van der Waals surface area (Å²) in [5.74, 6) is 3.26. The number of anilines is 2. The lowest BCUT2D eigenvalue weighted by Gasteiger charge is -2.44. The molecule has 0 unspecified atom stereocenters. The highest BCUT2D eigenvalue weighted by atomic mass is 15.3. The zero-order valence-electron chi connectivity index (χ0n) is 10.7. The first-order valence-electron chi connectivity index (χ1n) is 6.01. The summed E-state index contributed by atoms with van der Waals surface area (Å²) in [5.41, 5.74) is 6.94. The highest BCUT2D eigenvalue weighted by molar-refractivity contribution is 6.59. The van der Waals surface area contributed by atoms with Gasteiger partial charge >= 0.3 is 0 Å². The molecule has 2 rings (SSSR count). The summed E-state index contributed by atoms with van der Waals surface area (Å²) in [6.45, 7) is 2.75. The predicted molar refractivity (Wildman–Crippen MR) is 80.4 cm³/mol. The van der Waals surface area contributed by atoms with Gasteiger partial charge in [0.05, 0.1) is 23.5 Å². The van der Waals surface area contributed by atoms with Crippen LogP contribution in [0.25, 0.3) is 0 Å². The third-order valence-electron chi connectivity index (χ3n) is 3.13. The summed E-state index contributed by atoms with van der Waals surface area (Å²) in [6, 6.07) is 3.47. The van der Waals surface area contributed by atoms with Gasteiger partial charge in [0.15, 0.2) is 0 Å². The monoisotopic (exact) mass is 246 g/mol. The average Bonchev–Trinajstić information content (AvgIpc) is 2.37. The Kier molecular flexibility index (Phi) is 3.82. The second-order valence-corrected chi connectivity index (χ2v) is 4.65. The SMILES string of the molecule is [B]C([B])([B])N1CCN(c2cc(N)cc(C#C)n2)CC1. The summed E-state index contributed by atoms with van der Waals surface area (Å²) >= 11 is 0. The van der Waals surface area contributed by atoms with Crippen LogP contribution in [0.2, 0.25) is 0 Å². The quantitative estimate of drug-likeness (QED) is 0.530. The number of piperazine rings is 1. The van der Waals surface area contributed by atoms with Crippen molar-refractivity contribution in [1.29, 1.82) is 0 Å². The van der Waals surface area contributed by atoms with Crippen LogP contribution in [0.1, 0.15) is 5.69 Å². The smallest absolute Gasteiger partial charge is 0.132 e. The molecule has 0 bridgehead atoms. The van der Waals surface area contributed by atoms with E-state index in [4.69, 9.17) is 35.7 Å². The molecule has 1 aromatic rings. The van der Waals surface area contributed by atoms with Gasteiger partial charge in [-0.25, -0.2) is 4.98 Å². The maximum atomic E-state index is 5.81. The van der Waals surface area contributed by atoms with Gasteiger partial charge in [0.1, 0.15) is 11.5 Å². The fourth-order valence-corrected chi connectivity index (χ4v) is 2.10. The molecule has 4 nitrogen and oxygen atoms in total. The van der Waals surface area contributed by atoms with Crippen LogP contribution in [0, 0.1) is 12.3 Å². The summed E-state index contributed by atoms with van der Waals surface area (Å²) < 4.78 is 0. The Balaban J connectivity index is 2.10. The molecule has 6 radical (unpaired) electrons. The summed E-state index contributed by atoms with van der Waals surface area (Å²) in [5, 5.41) is -1.28. The zero-order valence-corrected chi connectivity index (χ0v) is 10.7. The summed E-state index contributed by atoms with van der Waals surface area (Å²) in [7, 11) is 17.0. The first-order valence-corrected chi connectivity index (χ1v) is 6.01. The average molecular weight is 246 g/mol. The van der Waals surface area contributed by atoms with Crippen LogP contribution >= 0.6 is 0 Å². The second kappa shape index (κ2) is 5.22. The highest BCUT2D eigenvalue weighted by Crippen LogP contribution is 2.19. The molecule has 7 heteroatoms. The van der Waals surface area contributed by atoms with Crippen molar-refractivity contribution in [3.8, 4) is 12.3 Å². The topological polar surface area (TPSA) is 45.4 Å². The van der Waals surface area contributed by atoms with Crippen molar-refractivity contribution in [3.05, 3.63) is 17.8 Å². The Bertz CT molecular complexity index is 499. The minimum Gasteiger partial charge on any atom is -0.399 e. The molecule has 0 saturated carbocycles. The summed E-state index contributed by atoms with van der Waals surface area (Å²) in [4.78, 5) is 8.26. The number of rotatable bonds is 2. The Morgan fingerprint density at radius 2 is 1.84 bits per heavy atom. The number of nitrogen functional groups attached to an aromatic ring is 1. The first kappa shape index (κ1) is 13.9. The van der Waals surface area contributed by atoms with Crippen LogP contribution in [0.5, 0.6) is 0 Å². The number of nitrogens with zero attached hydrogens (tertiary/aromatic N) is 3. The predicted octanol–water partition coefficient (Wildman–Crippen LogP) is -1.12. The van der Waals surface area contributed by atoms with Crippen LogP contribution < -0.4 is 10.6 Å². The van der Waals surface area contributed by atoms with Crippen LogP contribution in [-0.4, -0.2) is 64.8 Å². The molecule has 1 saturated heterocycles. The van der Waals surface area contributed by atoms with Gasteiger partial charge in [0.25, 0.3) is 0 Å². The van der Waals surface area contributed by atoms with E-state index in [0.717, 1.165) is 5.82 Å². The highest BCUT2D eigenvalue weighted by Gasteiger charge is 2.25. The van der Waals surface area contributed by atoms with Crippen molar-refractivity contribution in [2.75, 3.05) is 36.8 Å². The van der Waals surface area contributed by atoms with Gasteiger partial charge < -0.3 is 15.5 Å². The molecular weight excluding hydrogens is 233 g/mol. The maximum Gasteiger partial charge on any atom is 0.132 e. The molecule has 2 N–H and O–H groups in total. The van der Waals surface area contributed by atoms with E-state index in [0.29, 0.717) is 37.6 Å². The normalized spacial score (nSPS) is 17.1. The summed E-state index contributed by atoms with van der Waals surface area (Å²) in [6.07, 6.45) is 5.35. The third kappa shape index (κ3) is 3.27. The molecule has 1 aliphatic rings. The molecule has 0 amide bonds. The molecule has 0 aromatic carbocycles. The molecule has 90 valence electrons. The first-order chi connectivity index (χ1) is 8.90. The molecule has 19 heavy (non-hydrogen) atoms. The van der Waals surface area contributed by atoms with Crippen molar-refractivity contribution in [1.82, 2.24) is 9.88 Å². The van der Waals surface area contributed by atoms with Crippen LogP contribution in [-0.2, 0) is 0 Å². The van der Waals surface area contributed by atoms with Gasteiger partial charge in [-0.15, -0.1) is 6.42 Å². The van der Waals surface area contributed by atoms with Crippen LogP contribution in [0.15, 0.2) is 12.1 Å². The van der Waals surface area contributed by atoms with E-state index in [9.17, 15) is 0 Å². The fraction of sp³-hybridized carbons (Fsp3) is 0.417. The Labute approximate surface area is 118 Å². The minimum atomic E-state index is -1.28. The lowest BCUT2D eigenvalue weighted by atomic mass is 9.48. The number of hydrogen-bond donors (Lipinski definition) is 1. The van der Waals surface area contributed by atoms with E-state index in [1.54, 1.807) is 12.1 Å². The molecule has 1 aromatic heterocycles. The van der Waals surface area contributed by atoms with E-state index < -0.39 is 5.24 Å². The zero-order chi connectivity index (χ0) is 14.0. The number of pyridine rings is 1. The van der Waals surface area contributed by atoms with Crippen LogP contribution in [0.3, 0.4) is 0 Å². The lowest BCUT2D eigenvalue weighted by Crippen LogP contribution is -2.58. The van der Waals surface area contributed by atoms with Crippen molar-refractivity contribution in [2.45, 2.75) is 5.24 Å². The van der Waals surface area contributed by atoms with E-state index >= 15 is 0 Å². The Morgan fingerprint density at radius 1 is 1.21 bits per heavy atom. The van der Waals surface area contributed by atoms with Gasteiger partial charge in [-0.2, -0.15) is 0 Å². The largest absolute Gasteiger partial charge is 0.399 e. The number of hydrogen-bond acceptors (Lipinski definition) is 4. The molecule has 0 atom stereocenters. The number of nitrogens with two attached hydrogens (primary N) is 1. The van der Waals surface area contributed by atoms with Crippen molar-refractivity contribution in [3.63, 3.8) is 0 Å². The molecule has 2 heterocycles. The molecule has 0 aliphatic carbocycles. The number of terminal acetylenes is 1. The molecule has 1 fully saturated rings. The van der Waals surface area contributed by atoms with Crippen molar-refractivity contribution >= 4 is 35.0 Å². The third-order valence-corrected chi connectivity index (χ3v) is 3.13. The van der Waals surface area contributed by atoms with E-state index in [1.165, 1.54) is 0 Å². The van der Waals surface area contributed by atoms with Crippen molar-refractivity contribution in [2.24, 2.45) is 0 Å². The maximum absolute atomic E-state index is 5.81.